The third kappa shape index (κ3) is 9.64. The summed E-state index contributed by atoms with van der Waals surface area (Å²) in [6, 6.07) is 17.5. The van der Waals surface area contributed by atoms with Crippen molar-refractivity contribution in [2.45, 2.75) is 83.7 Å². The lowest BCUT2D eigenvalue weighted by Crippen LogP contribution is -2.24. The summed E-state index contributed by atoms with van der Waals surface area (Å²) >= 11 is 0. The zero-order valence-electron chi connectivity index (χ0n) is 18.6. The molecule has 2 aromatic carbocycles. The van der Waals surface area contributed by atoms with Crippen molar-refractivity contribution < 1.29 is 9.84 Å². The predicted molar refractivity (Wildman–Crippen MR) is 127 cm³/mol. The fourth-order valence-corrected chi connectivity index (χ4v) is 3.58. The van der Waals surface area contributed by atoms with Crippen LogP contribution in [0.2, 0.25) is 0 Å². The molecule has 2 rings (SSSR count). The van der Waals surface area contributed by atoms with Crippen LogP contribution in [0.3, 0.4) is 0 Å². The van der Waals surface area contributed by atoms with E-state index in [0.717, 1.165) is 30.0 Å². The van der Waals surface area contributed by atoms with E-state index in [4.69, 9.17) is 10.6 Å². The Bertz CT molecular complexity index is 660. The maximum absolute atomic E-state index is 10.2. The van der Waals surface area contributed by atoms with Crippen molar-refractivity contribution in [3.05, 3.63) is 54.6 Å². The maximum Gasteiger partial charge on any atom is 0.119 e. The Morgan fingerprint density at radius 2 is 1.30 bits per heavy atom. The van der Waals surface area contributed by atoms with Crippen LogP contribution >= 0.6 is 0 Å². The first-order chi connectivity index (χ1) is 14.7. The van der Waals surface area contributed by atoms with Gasteiger partial charge in [-0.05, 0) is 42.8 Å². The Labute approximate surface area is 183 Å². The third-order valence-corrected chi connectivity index (χ3v) is 5.48. The van der Waals surface area contributed by atoms with E-state index in [0.29, 0.717) is 6.61 Å². The van der Waals surface area contributed by atoms with Gasteiger partial charge in [-0.3, -0.25) is 5.01 Å². The number of aliphatic hydroxyl groups is 1. The van der Waals surface area contributed by atoms with Crippen molar-refractivity contribution in [1.82, 2.24) is 0 Å². The molecule has 0 amide bonds. The van der Waals surface area contributed by atoms with Crippen LogP contribution < -0.4 is 15.6 Å². The highest BCUT2D eigenvalue weighted by Gasteiger charge is 2.07. The maximum atomic E-state index is 10.2. The number of rotatable bonds is 16. The first kappa shape index (κ1) is 24.2. The van der Waals surface area contributed by atoms with Gasteiger partial charge >= 0.3 is 0 Å². The molecule has 0 aliphatic carbocycles. The van der Waals surface area contributed by atoms with Gasteiger partial charge in [0.05, 0.1) is 17.5 Å². The number of hydrazine groups is 1. The molecule has 0 aliphatic rings. The summed E-state index contributed by atoms with van der Waals surface area (Å²) in [5.74, 6) is 6.92. The van der Waals surface area contributed by atoms with Gasteiger partial charge in [0.1, 0.15) is 12.4 Å². The molecule has 1 unspecified atom stereocenters. The van der Waals surface area contributed by atoms with Gasteiger partial charge in [-0.15, -0.1) is 0 Å². The summed E-state index contributed by atoms with van der Waals surface area (Å²) in [5.41, 5.74) is 1.82. The minimum atomic E-state index is -0.408. The molecule has 0 aliphatic heterocycles. The van der Waals surface area contributed by atoms with Crippen molar-refractivity contribution in [2.75, 3.05) is 11.6 Å². The van der Waals surface area contributed by atoms with Crippen molar-refractivity contribution in [3.63, 3.8) is 0 Å². The van der Waals surface area contributed by atoms with E-state index in [1.54, 1.807) is 5.01 Å². The average molecular weight is 413 g/mol. The summed E-state index contributed by atoms with van der Waals surface area (Å²) in [7, 11) is 0. The van der Waals surface area contributed by atoms with Crippen LogP contribution in [-0.2, 0) is 0 Å². The van der Waals surface area contributed by atoms with E-state index >= 15 is 0 Å². The molecule has 0 aromatic heterocycles. The highest BCUT2D eigenvalue weighted by molar-refractivity contribution is 5.61. The summed E-state index contributed by atoms with van der Waals surface area (Å²) in [6.45, 7) is 2.60. The molecule has 0 fully saturated rings. The van der Waals surface area contributed by atoms with Crippen LogP contribution in [-0.4, -0.2) is 17.8 Å². The first-order valence-electron chi connectivity index (χ1n) is 11.7. The molecule has 0 radical (unpaired) electrons. The quantitative estimate of drug-likeness (QED) is 0.182. The standard InChI is InChI=1S/C26H40N2O2/c1-2-3-4-5-6-7-8-9-10-14-17-25(29)22-30-26-20-18-24(19-21-26)28(27)23-15-12-11-13-16-23/h11-13,15-16,18-21,25,29H,2-10,14,17,22,27H2,1H3. The van der Waals surface area contributed by atoms with E-state index in [2.05, 4.69) is 6.92 Å². The molecule has 0 spiro atoms. The molecule has 2 aromatic rings. The fourth-order valence-electron chi connectivity index (χ4n) is 3.58. The SMILES string of the molecule is CCCCCCCCCCCCC(O)COc1ccc(N(N)c2ccccc2)cc1. The summed E-state index contributed by atoms with van der Waals surface area (Å²) < 4.78 is 5.74. The van der Waals surface area contributed by atoms with Gasteiger partial charge in [0.15, 0.2) is 0 Å². The van der Waals surface area contributed by atoms with Gasteiger partial charge < -0.3 is 9.84 Å². The van der Waals surface area contributed by atoms with Gasteiger partial charge in [0.2, 0.25) is 0 Å². The lowest BCUT2D eigenvalue weighted by molar-refractivity contribution is 0.0975. The average Bonchev–Trinajstić information content (AvgIpc) is 2.79. The van der Waals surface area contributed by atoms with Crippen LogP contribution in [0.4, 0.5) is 11.4 Å². The minimum absolute atomic E-state index is 0.335. The van der Waals surface area contributed by atoms with Crippen molar-refractivity contribution in [2.24, 2.45) is 5.84 Å². The van der Waals surface area contributed by atoms with Crippen LogP contribution in [0, 0.1) is 0 Å². The molecule has 0 saturated carbocycles. The molecular weight excluding hydrogens is 372 g/mol. The molecule has 166 valence electrons. The van der Waals surface area contributed by atoms with Crippen molar-refractivity contribution in [3.8, 4) is 5.75 Å². The molecule has 4 heteroatoms. The number of nitrogens with two attached hydrogens (primary N) is 1. The number of aliphatic hydroxyl groups excluding tert-OH is 1. The van der Waals surface area contributed by atoms with Crippen molar-refractivity contribution >= 4 is 11.4 Å². The normalized spacial score (nSPS) is 12.0. The van der Waals surface area contributed by atoms with Gasteiger partial charge in [-0.1, -0.05) is 89.3 Å². The number of hydrogen-bond donors (Lipinski definition) is 2. The number of benzene rings is 2. The lowest BCUT2D eigenvalue weighted by Gasteiger charge is -2.19. The second-order valence-electron chi connectivity index (χ2n) is 8.13. The smallest absolute Gasteiger partial charge is 0.119 e. The Balaban J connectivity index is 1.55. The van der Waals surface area contributed by atoms with E-state index in [1.165, 1.54) is 57.8 Å². The highest BCUT2D eigenvalue weighted by atomic mass is 16.5. The lowest BCUT2D eigenvalue weighted by atomic mass is 10.0. The molecule has 0 heterocycles. The summed E-state index contributed by atoms with van der Waals surface area (Å²) in [6.07, 6.45) is 13.5. The van der Waals surface area contributed by atoms with Gasteiger partial charge in [-0.25, -0.2) is 5.84 Å². The van der Waals surface area contributed by atoms with E-state index < -0.39 is 6.10 Å². The second kappa shape index (κ2) is 14.9. The topological polar surface area (TPSA) is 58.7 Å². The molecule has 1 atom stereocenters. The monoisotopic (exact) mass is 412 g/mol. The van der Waals surface area contributed by atoms with E-state index in [-0.39, 0.29) is 0 Å². The molecule has 4 nitrogen and oxygen atoms in total. The summed E-state index contributed by atoms with van der Waals surface area (Å²) in [5, 5.41) is 11.8. The summed E-state index contributed by atoms with van der Waals surface area (Å²) in [4.78, 5) is 0. The Morgan fingerprint density at radius 3 is 1.90 bits per heavy atom. The number of hydrogen-bond acceptors (Lipinski definition) is 4. The fraction of sp³-hybridized carbons (Fsp3) is 0.538. The van der Waals surface area contributed by atoms with Gasteiger partial charge in [0, 0.05) is 0 Å². The zero-order valence-corrected chi connectivity index (χ0v) is 18.6. The zero-order chi connectivity index (χ0) is 21.4. The molecule has 30 heavy (non-hydrogen) atoms. The third-order valence-electron chi connectivity index (χ3n) is 5.48. The van der Waals surface area contributed by atoms with Crippen LogP contribution in [0.15, 0.2) is 54.6 Å². The largest absolute Gasteiger partial charge is 0.491 e. The van der Waals surface area contributed by atoms with Gasteiger partial charge in [-0.2, -0.15) is 0 Å². The number of nitrogens with zero attached hydrogens (tertiary/aromatic N) is 1. The minimum Gasteiger partial charge on any atom is -0.491 e. The first-order valence-corrected chi connectivity index (χ1v) is 11.7. The molecule has 3 N–H and O–H groups in total. The molecule has 0 bridgehead atoms. The van der Waals surface area contributed by atoms with E-state index in [9.17, 15) is 5.11 Å². The van der Waals surface area contributed by atoms with E-state index in [1.807, 2.05) is 54.6 Å². The second-order valence-corrected chi connectivity index (χ2v) is 8.13. The van der Waals surface area contributed by atoms with Gasteiger partial charge in [0.25, 0.3) is 0 Å². The van der Waals surface area contributed by atoms with Crippen LogP contribution in [0.1, 0.15) is 77.6 Å². The Hall–Kier alpha value is -2.04. The molecule has 0 saturated heterocycles. The number of ether oxygens (including phenoxy) is 1. The number of anilines is 2. The highest BCUT2D eigenvalue weighted by Crippen LogP contribution is 2.24. The van der Waals surface area contributed by atoms with Crippen LogP contribution in [0.5, 0.6) is 5.75 Å². The molecular formula is C26H40N2O2. The Kier molecular flexibility index (Phi) is 12.0. The Morgan fingerprint density at radius 1 is 0.767 bits per heavy atom. The van der Waals surface area contributed by atoms with Crippen molar-refractivity contribution in [1.29, 1.82) is 0 Å². The van der Waals surface area contributed by atoms with Crippen LogP contribution in [0.25, 0.3) is 0 Å². The predicted octanol–water partition coefficient (Wildman–Crippen LogP) is 6.75. The number of para-hydroxylation sites is 1. The number of unbranched alkanes of at least 4 members (excludes halogenated alkanes) is 9.